The van der Waals surface area contributed by atoms with Crippen molar-refractivity contribution >= 4 is 21.9 Å². The molecule has 0 N–H and O–H groups in total. The van der Waals surface area contributed by atoms with Crippen molar-refractivity contribution in [1.82, 2.24) is 4.98 Å². The summed E-state index contributed by atoms with van der Waals surface area (Å²) < 4.78 is 5.48. The lowest BCUT2D eigenvalue weighted by Gasteiger charge is -2.03. The first-order valence-electron chi connectivity index (χ1n) is 3.57. The molecule has 0 radical (unpaired) electrons. The normalized spacial score (nSPS) is 9.69. The molecule has 13 heavy (non-hydrogen) atoms. The second kappa shape index (κ2) is 4.18. The number of hydrogen-bond donors (Lipinski definition) is 0. The van der Waals surface area contributed by atoms with E-state index in [0.717, 1.165) is 0 Å². The van der Waals surface area contributed by atoms with Gasteiger partial charge >= 0.3 is 11.8 Å². The molecule has 70 valence electrons. The smallest absolute Gasteiger partial charge is 0.426 e. The van der Waals surface area contributed by atoms with Crippen LogP contribution in [0, 0.1) is 5.21 Å². The van der Waals surface area contributed by atoms with Crippen molar-refractivity contribution in [3.8, 4) is 0 Å². The molecule has 0 aliphatic heterocycles. The summed E-state index contributed by atoms with van der Waals surface area (Å²) in [4.78, 5) is 14.7. The summed E-state index contributed by atoms with van der Waals surface area (Å²) in [5.41, 5.74) is 0. The van der Waals surface area contributed by atoms with Crippen molar-refractivity contribution < 1.29 is 14.3 Å². The largest absolute Gasteiger partial charge is 0.710 e. The van der Waals surface area contributed by atoms with Gasteiger partial charge in [-0.1, -0.05) is 0 Å². The van der Waals surface area contributed by atoms with Gasteiger partial charge in [-0.15, -0.1) is 0 Å². The minimum atomic E-state index is -0.718. The van der Waals surface area contributed by atoms with E-state index >= 15 is 0 Å². The number of ether oxygens (including phenoxy) is 1. The third kappa shape index (κ3) is 2.38. The molecule has 1 aromatic heterocycles. The monoisotopic (exact) mass is 246 g/mol. The van der Waals surface area contributed by atoms with Gasteiger partial charge < -0.3 is 9.94 Å². The molecule has 1 heterocycles. The first-order chi connectivity index (χ1) is 6.15. The molecule has 0 atom stereocenters. The maximum atomic E-state index is 11.1. The maximum Gasteiger partial charge on any atom is 0.426 e. The van der Waals surface area contributed by atoms with Crippen LogP contribution >= 0.6 is 15.9 Å². The summed E-state index contributed by atoms with van der Waals surface area (Å²) in [6, 6.07) is 0. The Bertz CT molecular complexity index is 330. The summed E-state index contributed by atoms with van der Waals surface area (Å²) in [6.07, 6.45) is 2.56. The lowest BCUT2D eigenvalue weighted by Crippen LogP contribution is -2.36. The van der Waals surface area contributed by atoms with Crippen LogP contribution in [0.5, 0.6) is 0 Å². The molecule has 0 aliphatic carbocycles. The molecule has 5 nitrogen and oxygen atoms in total. The van der Waals surface area contributed by atoms with Crippen molar-refractivity contribution in [3.05, 3.63) is 27.9 Å². The maximum absolute atomic E-state index is 11.1. The Labute approximate surface area is 83.1 Å². The molecule has 0 unspecified atom stereocenters. The molecular formula is C7H7BrN2O3. The van der Waals surface area contributed by atoms with Gasteiger partial charge in [0, 0.05) is 0 Å². The zero-order chi connectivity index (χ0) is 9.84. The number of carbonyl (C=O) groups is 1. The number of rotatable bonds is 2. The van der Waals surface area contributed by atoms with E-state index in [1.165, 1.54) is 12.4 Å². The van der Waals surface area contributed by atoms with Crippen LogP contribution in [-0.2, 0) is 4.74 Å². The first-order valence-corrected chi connectivity index (χ1v) is 4.36. The van der Waals surface area contributed by atoms with Crippen molar-refractivity contribution in [3.63, 3.8) is 0 Å². The highest BCUT2D eigenvalue weighted by Gasteiger charge is 2.19. The molecular weight excluding hydrogens is 240 g/mol. The zero-order valence-corrected chi connectivity index (χ0v) is 8.44. The van der Waals surface area contributed by atoms with E-state index in [1.807, 2.05) is 0 Å². The van der Waals surface area contributed by atoms with Gasteiger partial charge in [-0.05, 0) is 27.8 Å². The van der Waals surface area contributed by atoms with Crippen molar-refractivity contribution in [2.75, 3.05) is 6.61 Å². The summed E-state index contributed by atoms with van der Waals surface area (Å²) >= 11 is 3.05. The Morgan fingerprint density at radius 1 is 1.85 bits per heavy atom. The SMILES string of the molecule is CCOC(=O)c1ncc(Br)c[n+]1[O-]. The molecule has 6 heteroatoms. The van der Waals surface area contributed by atoms with Crippen LogP contribution in [0.4, 0.5) is 0 Å². The summed E-state index contributed by atoms with van der Waals surface area (Å²) in [5.74, 6) is -0.977. The second-order valence-corrected chi connectivity index (χ2v) is 3.06. The molecule has 0 spiro atoms. The van der Waals surface area contributed by atoms with E-state index in [0.29, 0.717) is 9.20 Å². The van der Waals surface area contributed by atoms with Crippen LogP contribution in [0.2, 0.25) is 0 Å². The summed E-state index contributed by atoms with van der Waals surface area (Å²) in [5, 5.41) is 11.1. The van der Waals surface area contributed by atoms with Gasteiger partial charge in [0.25, 0.3) is 0 Å². The third-order valence-electron chi connectivity index (χ3n) is 1.22. The van der Waals surface area contributed by atoms with Gasteiger partial charge in [-0.2, -0.15) is 0 Å². The molecule has 1 aromatic rings. The number of aromatic nitrogens is 2. The van der Waals surface area contributed by atoms with Crippen LogP contribution in [0.1, 0.15) is 17.5 Å². The Morgan fingerprint density at radius 3 is 3.08 bits per heavy atom. The molecule has 0 saturated heterocycles. The van der Waals surface area contributed by atoms with Gasteiger partial charge in [-0.25, -0.2) is 9.52 Å². The molecule has 0 saturated carbocycles. The molecule has 1 rings (SSSR count). The van der Waals surface area contributed by atoms with E-state index in [2.05, 4.69) is 25.7 Å². The Balaban J connectivity index is 2.95. The van der Waals surface area contributed by atoms with Crippen LogP contribution in [-0.4, -0.2) is 17.6 Å². The quantitative estimate of drug-likeness (QED) is 0.437. The van der Waals surface area contributed by atoms with Crippen LogP contribution in [0.15, 0.2) is 16.9 Å². The predicted octanol–water partition coefficient (Wildman–Crippen LogP) is 0.654. The van der Waals surface area contributed by atoms with Crippen molar-refractivity contribution in [2.24, 2.45) is 0 Å². The molecule has 0 bridgehead atoms. The number of halogens is 1. The third-order valence-corrected chi connectivity index (χ3v) is 1.63. The average molecular weight is 247 g/mol. The minimum absolute atomic E-state index is 0.219. The lowest BCUT2D eigenvalue weighted by molar-refractivity contribution is -0.612. The van der Waals surface area contributed by atoms with Gasteiger partial charge in [-0.3, -0.25) is 0 Å². The van der Waals surface area contributed by atoms with Crippen molar-refractivity contribution in [1.29, 1.82) is 0 Å². The standard InChI is InChI=1S/C7H7BrN2O3/c1-2-13-7(11)6-9-3-5(8)4-10(6)12/h3-4H,2H2,1H3. The lowest BCUT2D eigenvalue weighted by atomic mass is 10.5. The highest BCUT2D eigenvalue weighted by molar-refractivity contribution is 9.10. The van der Waals surface area contributed by atoms with Crippen molar-refractivity contribution in [2.45, 2.75) is 6.92 Å². The Hall–Kier alpha value is -1.17. The number of nitrogens with zero attached hydrogens (tertiary/aromatic N) is 2. The fourth-order valence-corrected chi connectivity index (χ4v) is 1.01. The van der Waals surface area contributed by atoms with Gasteiger partial charge in [0.2, 0.25) is 0 Å². The molecule has 0 fully saturated rings. The summed E-state index contributed by atoms with van der Waals surface area (Å²) in [7, 11) is 0. The fourth-order valence-electron chi connectivity index (χ4n) is 0.725. The van der Waals surface area contributed by atoms with E-state index in [-0.39, 0.29) is 12.4 Å². The van der Waals surface area contributed by atoms with E-state index in [1.54, 1.807) is 6.92 Å². The van der Waals surface area contributed by atoms with Gasteiger partial charge in [0.05, 0.1) is 6.61 Å². The minimum Gasteiger partial charge on any atom is -0.710 e. The molecule has 0 aromatic carbocycles. The van der Waals surface area contributed by atoms with Crippen LogP contribution in [0.25, 0.3) is 0 Å². The van der Waals surface area contributed by atoms with Crippen LogP contribution in [0.3, 0.4) is 0 Å². The molecule has 0 amide bonds. The van der Waals surface area contributed by atoms with E-state index < -0.39 is 5.97 Å². The molecule has 0 aliphatic rings. The van der Waals surface area contributed by atoms with Gasteiger partial charge in [0.15, 0.2) is 6.20 Å². The highest BCUT2D eigenvalue weighted by atomic mass is 79.9. The highest BCUT2D eigenvalue weighted by Crippen LogP contribution is 2.03. The van der Waals surface area contributed by atoms with E-state index in [9.17, 15) is 10.0 Å². The zero-order valence-electron chi connectivity index (χ0n) is 6.86. The average Bonchev–Trinajstić information content (AvgIpc) is 2.04. The predicted molar refractivity (Wildman–Crippen MR) is 46.9 cm³/mol. The van der Waals surface area contributed by atoms with Crippen LogP contribution < -0.4 is 4.73 Å². The number of carbonyl (C=O) groups excluding carboxylic acids is 1. The number of esters is 1. The number of hydrogen-bond acceptors (Lipinski definition) is 4. The second-order valence-electron chi connectivity index (χ2n) is 2.14. The van der Waals surface area contributed by atoms with Gasteiger partial charge in [0.1, 0.15) is 10.7 Å². The van der Waals surface area contributed by atoms with E-state index in [4.69, 9.17) is 0 Å². The Morgan fingerprint density at radius 2 is 2.54 bits per heavy atom. The Kier molecular flexibility index (Phi) is 3.18. The fraction of sp³-hybridized carbons (Fsp3) is 0.286. The topological polar surface area (TPSA) is 66.1 Å². The first kappa shape index (κ1) is 9.91. The summed E-state index contributed by atoms with van der Waals surface area (Å²) in [6.45, 7) is 1.88.